The fourth-order valence-electron chi connectivity index (χ4n) is 1.65. The summed E-state index contributed by atoms with van der Waals surface area (Å²) in [6.07, 6.45) is 0.898. The van der Waals surface area contributed by atoms with E-state index in [1.54, 1.807) is 20.3 Å². The van der Waals surface area contributed by atoms with Crippen LogP contribution >= 0.6 is 11.6 Å². The van der Waals surface area contributed by atoms with Crippen molar-refractivity contribution in [1.82, 2.24) is 0 Å². The normalized spacial score (nSPS) is 12.3. The van der Waals surface area contributed by atoms with E-state index in [1.165, 1.54) is 0 Å². The smallest absolute Gasteiger partial charge is 0.162 e. The minimum atomic E-state index is 0.317. The topological polar surface area (TPSA) is 44.5 Å². The Hall–Kier alpha value is -0.930. The van der Waals surface area contributed by atoms with Gasteiger partial charge in [0.1, 0.15) is 0 Å². The van der Waals surface area contributed by atoms with Crippen LogP contribution in [-0.2, 0) is 0 Å². The van der Waals surface area contributed by atoms with Gasteiger partial charge in [0.05, 0.1) is 14.2 Å². The summed E-state index contributed by atoms with van der Waals surface area (Å²) in [7, 11) is 3.21. The molecular formula is C12H18ClNO2. The lowest BCUT2D eigenvalue weighted by atomic mass is 9.97. The molecule has 0 heterocycles. The number of benzene rings is 1. The van der Waals surface area contributed by atoms with E-state index < -0.39 is 0 Å². The van der Waals surface area contributed by atoms with Crippen LogP contribution in [0.1, 0.15) is 24.8 Å². The molecule has 1 rings (SSSR count). The Morgan fingerprint density at radius 3 is 2.31 bits per heavy atom. The first kappa shape index (κ1) is 13.1. The minimum absolute atomic E-state index is 0.317. The van der Waals surface area contributed by atoms with Gasteiger partial charge in [-0.2, -0.15) is 0 Å². The Labute approximate surface area is 101 Å². The molecule has 0 aliphatic heterocycles. The first-order chi connectivity index (χ1) is 7.63. The van der Waals surface area contributed by atoms with Gasteiger partial charge in [0.2, 0.25) is 0 Å². The first-order valence-corrected chi connectivity index (χ1v) is 5.63. The third-order valence-corrected chi connectivity index (χ3v) is 2.96. The lowest BCUT2D eigenvalue weighted by Crippen LogP contribution is -2.05. The molecule has 1 atom stereocenters. The summed E-state index contributed by atoms with van der Waals surface area (Å²) in [5, 5.41) is 0.693. The van der Waals surface area contributed by atoms with E-state index in [9.17, 15) is 0 Å². The third kappa shape index (κ3) is 2.80. The average molecular weight is 244 g/mol. The quantitative estimate of drug-likeness (QED) is 0.865. The van der Waals surface area contributed by atoms with Gasteiger partial charge < -0.3 is 15.2 Å². The van der Waals surface area contributed by atoms with Crippen molar-refractivity contribution in [2.24, 2.45) is 5.73 Å². The van der Waals surface area contributed by atoms with E-state index in [0.717, 1.165) is 12.0 Å². The summed E-state index contributed by atoms with van der Waals surface area (Å²) in [4.78, 5) is 0. The largest absolute Gasteiger partial charge is 0.493 e. The maximum atomic E-state index is 6.19. The molecule has 0 saturated heterocycles. The molecule has 0 aliphatic rings. The third-order valence-electron chi connectivity index (χ3n) is 2.63. The summed E-state index contributed by atoms with van der Waals surface area (Å²) < 4.78 is 10.4. The summed E-state index contributed by atoms with van der Waals surface area (Å²) >= 11 is 6.19. The summed E-state index contributed by atoms with van der Waals surface area (Å²) in [5.41, 5.74) is 6.59. The van der Waals surface area contributed by atoms with Crippen LogP contribution in [0, 0.1) is 0 Å². The molecular weight excluding hydrogens is 226 g/mol. The molecule has 90 valence electrons. The van der Waals surface area contributed by atoms with E-state index in [-0.39, 0.29) is 0 Å². The fourth-order valence-corrected chi connectivity index (χ4v) is 1.99. The number of ether oxygens (including phenoxy) is 2. The summed E-state index contributed by atoms with van der Waals surface area (Å²) in [6.45, 7) is 2.74. The molecule has 0 aromatic heterocycles. The molecule has 1 aromatic carbocycles. The molecule has 0 fully saturated rings. The van der Waals surface area contributed by atoms with Gasteiger partial charge in [-0.1, -0.05) is 18.5 Å². The Morgan fingerprint density at radius 1 is 1.25 bits per heavy atom. The van der Waals surface area contributed by atoms with Gasteiger partial charge in [0, 0.05) is 11.1 Å². The van der Waals surface area contributed by atoms with Crippen molar-refractivity contribution < 1.29 is 9.47 Å². The molecule has 0 bridgehead atoms. The van der Waals surface area contributed by atoms with Crippen molar-refractivity contribution in [1.29, 1.82) is 0 Å². The SMILES string of the molecule is COc1cc(Cl)c(C(C)CCN)cc1OC. The van der Waals surface area contributed by atoms with Crippen LogP contribution in [0.25, 0.3) is 0 Å². The minimum Gasteiger partial charge on any atom is -0.493 e. The van der Waals surface area contributed by atoms with Crippen LogP contribution in [0.15, 0.2) is 12.1 Å². The van der Waals surface area contributed by atoms with Crippen molar-refractivity contribution in [2.75, 3.05) is 20.8 Å². The molecule has 0 aliphatic carbocycles. The molecule has 0 spiro atoms. The highest BCUT2D eigenvalue weighted by molar-refractivity contribution is 6.31. The van der Waals surface area contributed by atoms with Gasteiger partial charge >= 0.3 is 0 Å². The zero-order valence-corrected chi connectivity index (χ0v) is 10.7. The van der Waals surface area contributed by atoms with Crippen LogP contribution in [0.2, 0.25) is 5.02 Å². The van der Waals surface area contributed by atoms with Crippen LogP contribution < -0.4 is 15.2 Å². The Morgan fingerprint density at radius 2 is 1.81 bits per heavy atom. The van der Waals surface area contributed by atoms with Gasteiger partial charge in [0.15, 0.2) is 11.5 Å². The maximum absolute atomic E-state index is 6.19. The molecule has 0 amide bonds. The number of halogens is 1. The second kappa shape index (κ2) is 5.97. The second-order valence-electron chi connectivity index (χ2n) is 3.71. The van der Waals surface area contributed by atoms with Crippen LogP contribution in [0.5, 0.6) is 11.5 Å². The van der Waals surface area contributed by atoms with Crippen molar-refractivity contribution >= 4 is 11.6 Å². The Kier molecular flexibility index (Phi) is 4.90. The molecule has 1 unspecified atom stereocenters. The lowest BCUT2D eigenvalue weighted by Gasteiger charge is -2.16. The molecule has 0 radical (unpaired) electrons. The van der Waals surface area contributed by atoms with Gasteiger partial charge in [0.25, 0.3) is 0 Å². The van der Waals surface area contributed by atoms with Gasteiger partial charge in [-0.3, -0.25) is 0 Å². The van der Waals surface area contributed by atoms with E-state index >= 15 is 0 Å². The predicted molar refractivity (Wildman–Crippen MR) is 66.6 cm³/mol. The highest BCUT2D eigenvalue weighted by Gasteiger charge is 2.14. The fraction of sp³-hybridized carbons (Fsp3) is 0.500. The van der Waals surface area contributed by atoms with Gasteiger partial charge in [-0.05, 0) is 30.5 Å². The highest BCUT2D eigenvalue weighted by atomic mass is 35.5. The van der Waals surface area contributed by atoms with Crippen LogP contribution in [-0.4, -0.2) is 20.8 Å². The zero-order chi connectivity index (χ0) is 12.1. The number of nitrogens with two attached hydrogens (primary N) is 1. The highest BCUT2D eigenvalue weighted by Crippen LogP contribution is 2.37. The number of rotatable bonds is 5. The van der Waals surface area contributed by atoms with E-state index in [0.29, 0.717) is 29.0 Å². The number of hydrogen-bond acceptors (Lipinski definition) is 3. The Bertz CT molecular complexity index is 355. The average Bonchev–Trinajstić information content (AvgIpc) is 2.28. The van der Waals surface area contributed by atoms with Crippen molar-refractivity contribution in [3.8, 4) is 11.5 Å². The lowest BCUT2D eigenvalue weighted by molar-refractivity contribution is 0.354. The van der Waals surface area contributed by atoms with Crippen molar-refractivity contribution in [3.05, 3.63) is 22.7 Å². The predicted octanol–water partition coefficient (Wildman–Crippen LogP) is 2.81. The number of methoxy groups -OCH3 is 2. The van der Waals surface area contributed by atoms with E-state index in [1.807, 2.05) is 6.07 Å². The molecule has 4 heteroatoms. The molecule has 16 heavy (non-hydrogen) atoms. The molecule has 3 nitrogen and oxygen atoms in total. The van der Waals surface area contributed by atoms with Gasteiger partial charge in [-0.15, -0.1) is 0 Å². The van der Waals surface area contributed by atoms with Gasteiger partial charge in [-0.25, -0.2) is 0 Å². The second-order valence-corrected chi connectivity index (χ2v) is 4.11. The zero-order valence-electron chi connectivity index (χ0n) is 9.92. The van der Waals surface area contributed by atoms with E-state index in [4.69, 9.17) is 26.8 Å². The summed E-state index contributed by atoms with van der Waals surface area (Å²) in [5.74, 6) is 1.67. The van der Waals surface area contributed by atoms with Crippen molar-refractivity contribution in [2.45, 2.75) is 19.3 Å². The van der Waals surface area contributed by atoms with Crippen LogP contribution in [0.4, 0.5) is 0 Å². The Balaban J connectivity index is 3.10. The maximum Gasteiger partial charge on any atom is 0.162 e. The number of hydrogen-bond donors (Lipinski definition) is 1. The molecule has 0 saturated carbocycles. The molecule has 2 N–H and O–H groups in total. The standard InChI is InChI=1S/C12H18ClNO2/c1-8(4-5-14)9-6-11(15-2)12(16-3)7-10(9)13/h6-8H,4-5,14H2,1-3H3. The summed E-state index contributed by atoms with van der Waals surface area (Å²) in [6, 6.07) is 3.70. The first-order valence-electron chi connectivity index (χ1n) is 5.25. The van der Waals surface area contributed by atoms with E-state index in [2.05, 4.69) is 6.92 Å². The van der Waals surface area contributed by atoms with Crippen LogP contribution in [0.3, 0.4) is 0 Å². The van der Waals surface area contributed by atoms with Crippen molar-refractivity contribution in [3.63, 3.8) is 0 Å². The monoisotopic (exact) mass is 243 g/mol. The molecule has 1 aromatic rings.